The Bertz CT molecular complexity index is 629. The first-order chi connectivity index (χ1) is 8.60. The van der Waals surface area contributed by atoms with Crippen LogP contribution in [0, 0.1) is 6.92 Å². The number of nitrogens with zero attached hydrogens (tertiary/aromatic N) is 1. The Balaban J connectivity index is 2.39. The maximum atomic E-state index is 11.8. The van der Waals surface area contributed by atoms with Gasteiger partial charge in [0.05, 0.1) is 6.54 Å². The Labute approximate surface area is 110 Å². The number of aryl methyl sites for hydroxylation is 1. The molecule has 3 nitrogen and oxygen atoms in total. The van der Waals surface area contributed by atoms with Crippen molar-refractivity contribution < 1.29 is 4.79 Å². The summed E-state index contributed by atoms with van der Waals surface area (Å²) in [6, 6.07) is 9.23. The Hall–Kier alpha value is -1.87. The highest BCUT2D eigenvalue weighted by atomic mass is 35.5. The number of carbonyl (C=O) groups is 1. The molecule has 92 valence electrons. The van der Waals surface area contributed by atoms with Gasteiger partial charge in [0, 0.05) is 11.8 Å². The van der Waals surface area contributed by atoms with Crippen molar-refractivity contribution in [1.29, 1.82) is 0 Å². The normalized spacial score (nSPS) is 10.3. The number of hydrogen-bond acceptors (Lipinski definition) is 2. The zero-order chi connectivity index (χ0) is 13.1. The monoisotopic (exact) mass is 261 g/mol. The molecule has 2 rings (SSSR count). The fourth-order valence-electron chi connectivity index (χ4n) is 1.69. The van der Waals surface area contributed by atoms with Crippen LogP contribution in [0.15, 0.2) is 41.3 Å². The van der Waals surface area contributed by atoms with Crippen molar-refractivity contribution in [3.63, 3.8) is 0 Å². The van der Waals surface area contributed by atoms with Crippen LogP contribution in [-0.4, -0.2) is 10.9 Å². The molecule has 0 bridgehead atoms. The molecule has 0 N–H and O–H groups in total. The van der Waals surface area contributed by atoms with Crippen molar-refractivity contribution in [3.8, 4) is 0 Å². The standard InChI is InChI=1S/C14H12ClNO2/c1-10-2-4-11(5-3-10)7-16-8-12(9-17)6-13(15)14(16)18/h2-6,8-9H,7H2,1H3. The molecule has 0 unspecified atom stereocenters. The van der Waals surface area contributed by atoms with E-state index in [2.05, 4.69) is 0 Å². The molecule has 0 atom stereocenters. The van der Waals surface area contributed by atoms with Crippen molar-refractivity contribution in [3.05, 3.63) is 68.6 Å². The van der Waals surface area contributed by atoms with E-state index in [1.54, 1.807) is 0 Å². The van der Waals surface area contributed by atoms with Crippen molar-refractivity contribution in [1.82, 2.24) is 4.57 Å². The van der Waals surface area contributed by atoms with Crippen molar-refractivity contribution >= 4 is 17.9 Å². The molecule has 18 heavy (non-hydrogen) atoms. The fraction of sp³-hybridized carbons (Fsp3) is 0.143. The summed E-state index contributed by atoms with van der Waals surface area (Å²) in [7, 11) is 0. The molecule has 0 aliphatic heterocycles. The van der Waals surface area contributed by atoms with Crippen LogP contribution >= 0.6 is 11.6 Å². The lowest BCUT2D eigenvalue weighted by Gasteiger charge is -2.07. The molecule has 0 aliphatic rings. The van der Waals surface area contributed by atoms with E-state index in [0.717, 1.165) is 11.1 Å². The summed E-state index contributed by atoms with van der Waals surface area (Å²) in [5, 5.41) is 0.0618. The lowest BCUT2D eigenvalue weighted by molar-refractivity contribution is 0.112. The van der Waals surface area contributed by atoms with Crippen molar-refractivity contribution in [2.45, 2.75) is 13.5 Å². The maximum absolute atomic E-state index is 11.8. The van der Waals surface area contributed by atoms with E-state index in [1.165, 1.54) is 16.8 Å². The highest BCUT2D eigenvalue weighted by molar-refractivity contribution is 6.30. The highest BCUT2D eigenvalue weighted by Crippen LogP contribution is 2.08. The number of benzene rings is 1. The number of halogens is 1. The van der Waals surface area contributed by atoms with Crippen LogP contribution in [0.1, 0.15) is 21.5 Å². The van der Waals surface area contributed by atoms with Crippen LogP contribution in [0.4, 0.5) is 0 Å². The summed E-state index contributed by atoms with van der Waals surface area (Å²) in [6.45, 7) is 2.40. The van der Waals surface area contributed by atoms with Gasteiger partial charge in [-0.05, 0) is 18.6 Å². The smallest absolute Gasteiger partial charge is 0.269 e. The Morgan fingerprint density at radius 2 is 1.94 bits per heavy atom. The van der Waals surface area contributed by atoms with Crippen LogP contribution in [0.25, 0.3) is 0 Å². The fourth-order valence-corrected chi connectivity index (χ4v) is 1.93. The van der Waals surface area contributed by atoms with Gasteiger partial charge in [0.2, 0.25) is 0 Å². The first-order valence-corrected chi connectivity index (χ1v) is 5.88. The third kappa shape index (κ3) is 2.68. The second kappa shape index (κ2) is 5.19. The van der Waals surface area contributed by atoms with Gasteiger partial charge in [0.15, 0.2) is 6.29 Å². The SMILES string of the molecule is Cc1ccc(Cn2cc(C=O)cc(Cl)c2=O)cc1. The number of rotatable bonds is 3. The molecular formula is C14H12ClNO2. The minimum atomic E-state index is -0.289. The van der Waals surface area contributed by atoms with Gasteiger partial charge in [-0.3, -0.25) is 9.59 Å². The molecular weight excluding hydrogens is 250 g/mol. The van der Waals surface area contributed by atoms with Crippen LogP contribution in [0.3, 0.4) is 0 Å². The topological polar surface area (TPSA) is 39.1 Å². The second-order valence-electron chi connectivity index (χ2n) is 4.16. The molecule has 0 radical (unpaired) electrons. The summed E-state index contributed by atoms with van der Waals surface area (Å²) in [5.74, 6) is 0. The van der Waals surface area contributed by atoms with Crippen LogP contribution in [0.5, 0.6) is 0 Å². The van der Waals surface area contributed by atoms with Gasteiger partial charge in [-0.2, -0.15) is 0 Å². The van der Waals surface area contributed by atoms with E-state index in [0.29, 0.717) is 18.4 Å². The average Bonchev–Trinajstić information content (AvgIpc) is 2.37. The van der Waals surface area contributed by atoms with Crippen LogP contribution in [0.2, 0.25) is 5.02 Å². The number of hydrogen-bond donors (Lipinski definition) is 0. The van der Waals surface area contributed by atoms with Crippen molar-refractivity contribution in [2.75, 3.05) is 0 Å². The molecule has 0 saturated carbocycles. The number of aromatic nitrogens is 1. The van der Waals surface area contributed by atoms with Gasteiger partial charge in [0.1, 0.15) is 5.02 Å². The molecule has 2 aromatic rings. The molecule has 1 aromatic heterocycles. The van der Waals surface area contributed by atoms with Gasteiger partial charge in [0.25, 0.3) is 5.56 Å². The summed E-state index contributed by atoms with van der Waals surface area (Å²) in [5.41, 5.74) is 2.25. The highest BCUT2D eigenvalue weighted by Gasteiger charge is 2.05. The summed E-state index contributed by atoms with van der Waals surface area (Å²) < 4.78 is 1.44. The average molecular weight is 262 g/mol. The predicted molar refractivity (Wildman–Crippen MR) is 71.4 cm³/mol. The largest absolute Gasteiger partial charge is 0.309 e. The summed E-state index contributed by atoms with van der Waals surface area (Å²) in [4.78, 5) is 22.6. The van der Waals surface area contributed by atoms with Crippen LogP contribution in [-0.2, 0) is 6.54 Å². The van der Waals surface area contributed by atoms with Crippen molar-refractivity contribution in [2.24, 2.45) is 0 Å². The molecule has 0 fully saturated rings. The molecule has 0 saturated heterocycles. The quantitative estimate of drug-likeness (QED) is 0.797. The van der Waals surface area contributed by atoms with Gasteiger partial charge >= 0.3 is 0 Å². The molecule has 0 spiro atoms. The maximum Gasteiger partial charge on any atom is 0.269 e. The predicted octanol–water partition coefficient (Wildman–Crippen LogP) is 2.67. The number of carbonyl (C=O) groups excluding carboxylic acids is 1. The van der Waals surface area contributed by atoms with E-state index in [1.807, 2.05) is 31.2 Å². The van der Waals surface area contributed by atoms with Gasteiger partial charge < -0.3 is 4.57 Å². The first kappa shape index (κ1) is 12.6. The number of aldehydes is 1. The zero-order valence-corrected chi connectivity index (χ0v) is 10.6. The van der Waals surface area contributed by atoms with E-state index in [9.17, 15) is 9.59 Å². The Morgan fingerprint density at radius 3 is 2.56 bits per heavy atom. The minimum absolute atomic E-state index is 0.0618. The van der Waals surface area contributed by atoms with Gasteiger partial charge in [-0.1, -0.05) is 41.4 Å². The molecule has 1 aromatic carbocycles. The lowest BCUT2D eigenvalue weighted by atomic mass is 10.1. The van der Waals surface area contributed by atoms with E-state index >= 15 is 0 Å². The van der Waals surface area contributed by atoms with E-state index < -0.39 is 0 Å². The van der Waals surface area contributed by atoms with Crippen LogP contribution < -0.4 is 5.56 Å². The summed E-state index contributed by atoms with van der Waals surface area (Å²) >= 11 is 5.80. The lowest BCUT2D eigenvalue weighted by Crippen LogP contribution is -2.21. The van der Waals surface area contributed by atoms with E-state index in [4.69, 9.17) is 11.6 Å². The number of pyridine rings is 1. The molecule has 0 aliphatic carbocycles. The molecule has 0 amide bonds. The third-order valence-corrected chi connectivity index (χ3v) is 2.94. The second-order valence-corrected chi connectivity index (χ2v) is 4.57. The minimum Gasteiger partial charge on any atom is -0.309 e. The van der Waals surface area contributed by atoms with Gasteiger partial charge in [-0.25, -0.2) is 0 Å². The van der Waals surface area contributed by atoms with E-state index in [-0.39, 0.29) is 10.6 Å². The molecule has 4 heteroatoms. The zero-order valence-electron chi connectivity index (χ0n) is 9.89. The first-order valence-electron chi connectivity index (χ1n) is 5.51. The third-order valence-electron chi connectivity index (χ3n) is 2.67. The molecule has 1 heterocycles. The van der Waals surface area contributed by atoms with Gasteiger partial charge in [-0.15, -0.1) is 0 Å². The summed E-state index contributed by atoms with van der Waals surface area (Å²) in [6.07, 6.45) is 2.19. The Morgan fingerprint density at radius 1 is 1.28 bits per heavy atom. The Kier molecular flexibility index (Phi) is 3.63.